The number of aliphatic imine (C=N–C) groups is 1. The van der Waals surface area contributed by atoms with Gasteiger partial charge in [0.2, 0.25) is 5.76 Å². The van der Waals surface area contributed by atoms with Gasteiger partial charge in [-0.15, -0.1) is 0 Å². The fourth-order valence-corrected chi connectivity index (χ4v) is 4.09. The zero-order valence-electron chi connectivity index (χ0n) is 20.4. The number of anilines is 2. The number of nitrogens with zero attached hydrogens (tertiary/aromatic N) is 4. The number of allylic oxidation sites excluding steroid dienone is 1. The molecule has 2 aromatic carbocycles. The van der Waals surface area contributed by atoms with E-state index in [1.54, 1.807) is 48.2 Å². The van der Waals surface area contributed by atoms with E-state index in [9.17, 15) is 28.0 Å². The van der Waals surface area contributed by atoms with E-state index in [0.29, 0.717) is 37.4 Å². The Balaban J connectivity index is 1.54. The number of carbonyl (C=O) groups excluding carboxylic acids is 2. The summed E-state index contributed by atoms with van der Waals surface area (Å²) in [6, 6.07) is 15.0. The average molecular weight is 528 g/mol. The van der Waals surface area contributed by atoms with Crippen LogP contribution >= 0.6 is 0 Å². The van der Waals surface area contributed by atoms with E-state index >= 15 is 0 Å². The molecule has 0 saturated carbocycles. The minimum Gasteiger partial charge on any atom is -0.481 e. The predicted octanol–water partition coefficient (Wildman–Crippen LogP) is 4.07. The van der Waals surface area contributed by atoms with Crippen molar-refractivity contribution in [3.8, 4) is 6.07 Å². The molecule has 2 amide bonds. The van der Waals surface area contributed by atoms with Gasteiger partial charge in [0.25, 0.3) is 5.91 Å². The van der Waals surface area contributed by atoms with Crippen molar-refractivity contribution < 1.29 is 32.2 Å². The quantitative estimate of drug-likeness (QED) is 0.628. The molecule has 0 unspecified atom stereocenters. The number of hydrogen-bond donors (Lipinski definition) is 1. The summed E-state index contributed by atoms with van der Waals surface area (Å²) >= 11 is 0. The SMILES string of the molecule is CCOC(=O)N1CCN(c2ccc(NC(=O)C3=C(C(F)(F)F)OCC(c4ccccc4)=N3)cc2C#N)CC1. The minimum atomic E-state index is -4.92. The highest BCUT2D eigenvalue weighted by molar-refractivity contribution is 6.10. The lowest BCUT2D eigenvalue weighted by Crippen LogP contribution is -2.49. The van der Waals surface area contributed by atoms with Gasteiger partial charge in [-0.05, 0) is 30.7 Å². The molecule has 0 atom stereocenters. The normalized spacial score (nSPS) is 15.8. The van der Waals surface area contributed by atoms with Crippen molar-refractivity contribution in [3.63, 3.8) is 0 Å². The Morgan fingerprint density at radius 3 is 2.47 bits per heavy atom. The van der Waals surface area contributed by atoms with Gasteiger partial charge in [-0.2, -0.15) is 18.4 Å². The number of nitrogens with one attached hydrogen (secondary N) is 1. The van der Waals surface area contributed by atoms with Crippen molar-refractivity contribution in [1.29, 1.82) is 5.26 Å². The molecule has 9 nitrogen and oxygen atoms in total. The first-order valence-electron chi connectivity index (χ1n) is 11.8. The summed E-state index contributed by atoms with van der Waals surface area (Å²) in [6.07, 6.45) is -5.32. The zero-order valence-corrected chi connectivity index (χ0v) is 20.4. The molecule has 2 heterocycles. The van der Waals surface area contributed by atoms with Crippen molar-refractivity contribution in [2.24, 2.45) is 4.99 Å². The van der Waals surface area contributed by atoms with Crippen molar-refractivity contribution in [3.05, 3.63) is 71.1 Å². The summed E-state index contributed by atoms with van der Waals surface area (Å²) in [5.74, 6) is -2.60. The monoisotopic (exact) mass is 527 g/mol. The summed E-state index contributed by atoms with van der Waals surface area (Å²) in [7, 11) is 0. The van der Waals surface area contributed by atoms with Crippen LogP contribution in [0.15, 0.2) is 65.0 Å². The first kappa shape index (κ1) is 26.5. The number of halogens is 3. The number of alkyl halides is 3. The van der Waals surface area contributed by atoms with Crippen LogP contribution in [0.25, 0.3) is 0 Å². The molecular formula is C26H24F3N5O4. The Hall–Kier alpha value is -4.53. The van der Waals surface area contributed by atoms with E-state index in [0.717, 1.165) is 0 Å². The summed E-state index contributed by atoms with van der Waals surface area (Å²) in [4.78, 5) is 32.3. The molecule has 1 fully saturated rings. The lowest BCUT2D eigenvalue weighted by Gasteiger charge is -2.35. The smallest absolute Gasteiger partial charge is 0.451 e. The van der Waals surface area contributed by atoms with Gasteiger partial charge in [-0.25, -0.2) is 9.79 Å². The standard InChI is InChI=1S/C26H24F3N5O4/c1-2-37-25(36)34-12-10-33(11-13-34)21-9-8-19(14-18(21)15-30)31-24(35)22-23(26(27,28)29)38-16-20(32-22)17-6-4-3-5-7-17/h3-9,14H,2,10-13,16H2,1H3,(H,31,35). The van der Waals surface area contributed by atoms with Gasteiger partial charge in [0, 0.05) is 31.9 Å². The lowest BCUT2D eigenvalue weighted by molar-refractivity contribution is -0.133. The Morgan fingerprint density at radius 1 is 1.13 bits per heavy atom. The minimum absolute atomic E-state index is 0.122. The van der Waals surface area contributed by atoms with E-state index in [4.69, 9.17) is 9.47 Å². The largest absolute Gasteiger partial charge is 0.481 e. The van der Waals surface area contributed by atoms with Crippen LogP contribution in [0.4, 0.5) is 29.3 Å². The highest BCUT2D eigenvalue weighted by Gasteiger charge is 2.43. The van der Waals surface area contributed by atoms with Crippen molar-refractivity contribution in [1.82, 2.24) is 4.90 Å². The van der Waals surface area contributed by atoms with Gasteiger partial charge in [0.1, 0.15) is 12.7 Å². The van der Waals surface area contributed by atoms with Crippen LogP contribution in [0.2, 0.25) is 0 Å². The van der Waals surface area contributed by atoms with E-state index in [1.807, 2.05) is 4.90 Å². The van der Waals surface area contributed by atoms with Gasteiger partial charge >= 0.3 is 12.3 Å². The molecule has 12 heteroatoms. The van der Waals surface area contributed by atoms with Gasteiger partial charge < -0.3 is 24.6 Å². The molecule has 0 aliphatic carbocycles. The van der Waals surface area contributed by atoms with Crippen LogP contribution in [0.5, 0.6) is 0 Å². The third-order valence-electron chi connectivity index (χ3n) is 5.92. The Labute approximate surface area is 216 Å². The third-order valence-corrected chi connectivity index (χ3v) is 5.92. The van der Waals surface area contributed by atoms with Crippen LogP contribution in [0.1, 0.15) is 18.1 Å². The maximum atomic E-state index is 13.6. The molecule has 2 aliphatic rings. The first-order chi connectivity index (χ1) is 18.2. The third kappa shape index (κ3) is 5.88. The average Bonchev–Trinajstić information content (AvgIpc) is 2.93. The summed E-state index contributed by atoms with van der Waals surface area (Å²) in [5.41, 5.74) is 0.717. The summed E-state index contributed by atoms with van der Waals surface area (Å²) in [5, 5.41) is 12.1. The number of ether oxygens (including phenoxy) is 2. The lowest BCUT2D eigenvalue weighted by atomic mass is 10.1. The zero-order chi connectivity index (χ0) is 27.3. The van der Waals surface area contributed by atoms with Crippen molar-refractivity contribution >= 4 is 29.1 Å². The summed E-state index contributed by atoms with van der Waals surface area (Å²) in [6.45, 7) is 3.27. The molecule has 2 aliphatic heterocycles. The maximum absolute atomic E-state index is 13.6. The molecule has 1 saturated heterocycles. The predicted molar refractivity (Wildman–Crippen MR) is 133 cm³/mol. The second-order valence-electron chi connectivity index (χ2n) is 8.36. The van der Waals surface area contributed by atoms with Crippen molar-refractivity contribution in [2.75, 3.05) is 49.6 Å². The highest BCUT2D eigenvalue weighted by Crippen LogP contribution is 2.33. The summed E-state index contributed by atoms with van der Waals surface area (Å²) < 4.78 is 50.8. The van der Waals surface area contributed by atoms with Crippen LogP contribution in [0, 0.1) is 11.3 Å². The maximum Gasteiger partial charge on any atom is 0.451 e. The molecule has 38 heavy (non-hydrogen) atoms. The molecule has 0 spiro atoms. The molecule has 1 N–H and O–H groups in total. The molecule has 198 valence electrons. The highest BCUT2D eigenvalue weighted by atomic mass is 19.4. The molecular weight excluding hydrogens is 503 g/mol. The van der Waals surface area contributed by atoms with Crippen LogP contribution in [0.3, 0.4) is 0 Å². The molecule has 0 bridgehead atoms. The van der Waals surface area contributed by atoms with E-state index in [2.05, 4.69) is 16.4 Å². The molecule has 0 radical (unpaired) electrons. The van der Waals surface area contributed by atoms with Gasteiger partial charge in [-0.3, -0.25) is 4.79 Å². The Bertz CT molecular complexity index is 1310. The first-order valence-corrected chi connectivity index (χ1v) is 11.8. The van der Waals surface area contributed by atoms with Crippen LogP contribution < -0.4 is 10.2 Å². The fraction of sp³-hybridized carbons (Fsp3) is 0.308. The van der Waals surface area contributed by atoms with Gasteiger partial charge in [0.15, 0.2) is 5.70 Å². The van der Waals surface area contributed by atoms with E-state index in [1.165, 1.54) is 12.1 Å². The number of nitriles is 1. The number of carbonyl (C=O) groups is 2. The number of piperazine rings is 1. The topological polar surface area (TPSA) is 107 Å². The fourth-order valence-electron chi connectivity index (χ4n) is 4.09. The number of hydrogen-bond acceptors (Lipinski definition) is 7. The number of amides is 2. The van der Waals surface area contributed by atoms with Gasteiger partial charge in [0.05, 0.1) is 23.6 Å². The Morgan fingerprint density at radius 2 is 1.84 bits per heavy atom. The second-order valence-corrected chi connectivity index (χ2v) is 8.36. The van der Waals surface area contributed by atoms with Crippen LogP contribution in [-0.2, 0) is 14.3 Å². The van der Waals surface area contributed by atoms with E-state index < -0.39 is 36.2 Å². The number of benzene rings is 2. The van der Waals surface area contributed by atoms with Crippen LogP contribution in [-0.4, -0.2) is 68.2 Å². The van der Waals surface area contributed by atoms with E-state index in [-0.39, 0.29) is 23.6 Å². The number of rotatable bonds is 5. The molecule has 4 rings (SSSR count). The Kier molecular flexibility index (Phi) is 7.85. The van der Waals surface area contributed by atoms with Gasteiger partial charge in [-0.1, -0.05) is 30.3 Å². The molecule has 2 aromatic rings. The second kappa shape index (κ2) is 11.2. The van der Waals surface area contributed by atoms with Crippen molar-refractivity contribution in [2.45, 2.75) is 13.1 Å². The molecule has 0 aromatic heterocycles.